The molecule has 0 atom stereocenters. The maximum Gasteiger partial charge on any atom is 0.266 e. The van der Waals surface area contributed by atoms with E-state index in [1.54, 1.807) is 43.3 Å². The van der Waals surface area contributed by atoms with E-state index in [0.29, 0.717) is 45.2 Å². The number of benzene rings is 3. The van der Waals surface area contributed by atoms with Gasteiger partial charge in [-0.3, -0.25) is 14.8 Å². The molecule has 4 heterocycles. The average molecular weight is 688 g/mol. The number of piperidine rings is 1. The molecule has 6 aromatic rings. The predicted molar refractivity (Wildman–Crippen MR) is 182 cm³/mol. The van der Waals surface area contributed by atoms with E-state index in [1.165, 1.54) is 12.1 Å². The number of rotatable bonds is 9. The summed E-state index contributed by atoms with van der Waals surface area (Å²) in [5.74, 6) is 0.760. The number of H-pyrrole nitrogens is 1. The Labute approximate surface area is 285 Å². The quantitative estimate of drug-likeness (QED) is 0.159. The number of likely N-dealkylation sites (tertiary alicyclic amines) is 1. The van der Waals surface area contributed by atoms with Crippen LogP contribution in [-0.4, -0.2) is 48.6 Å². The van der Waals surface area contributed by atoms with E-state index in [9.17, 15) is 18.0 Å². The predicted octanol–water partition coefficient (Wildman–Crippen LogP) is 8.09. The normalized spacial score (nSPS) is 14.3. The number of fused-ring (bicyclic) bond motifs is 2. The summed E-state index contributed by atoms with van der Waals surface area (Å²) in [6, 6.07) is 18.4. The van der Waals surface area contributed by atoms with Crippen molar-refractivity contribution in [3.05, 3.63) is 111 Å². The standard InChI is InChI=1S/C36H33ClF3N7O2/c1-20-26-16-25(17-27(35(39)40)34(26)45-44-20)41-36(48)22-7-9-31-30(14-22)42-32(46(31)2)18-47-12-10-21(11-13-47)29-4-3-5-33(43-29)49-19-23-6-8-24(37)15-28(23)38/h3-9,14-17,21,35H,10-13,18-19H2,1-2H3,(H,41,48)(H,44,45). The van der Waals surface area contributed by atoms with Gasteiger partial charge in [-0.15, -0.1) is 0 Å². The zero-order valence-corrected chi connectivity index (χ0v) is 27.6. The number of hydrogen-bond donors (Lipinski definition) is 2. The third-order valence-corrected chi connectivity index (χ3v) is 9.35. The van der Waals surface area contributed by atoms with Gasteiger partial charge in [0.25, 0.3) is 12.3 Å². The molecule has 0 bridgehead atoms. The largest absolute Gasteiger partial charge is 0.473 e. The van der Waals surface area contributed by atoms with Crippen LogP contribution in [0.3, 0.4) is 0 Å². The number of carbonyl (C=O) groups is 1. The minimum Gasteiger partial charge on any atom is -0.473 e. The lowest BCUT2D eigenvalue weighted by Crippen LogP contribution is -2.33. The van der Waals surface area contributed by atoms with Gasteiger partial charge in [-0.1, -0.05) is 23.7 Å². The van der Waals surface area contributed by atoms with Gasteiger partial charge in [0.2, 0.25) is 5.88 Å². The van der Waals surface area contributed by atoms with Crippen molar-refractivity contribution >= 4 is 45.1 Å². The molecule has 7 rings (SSSR count). The van der Waals surface area contributed by atoms with E-state index in [4.69, 9.17) is 26.3 Å². The van der Waals surface area contributed by atoms with Crippen LogP contribution in [0.15, 0.2) is 66.7 Å². The topological polar surface area (TPSA) is 101 Å². The van der Waals surface area contributed by atoms with Crippen molar-refractivity contribution in [2.45, 2.75) is 45.3 Å². The van der Waals surface area contributed by atoms with Gasteiger partial charge in [-0.05, 0) is 81.4 Å². The average Bonchev–Trinajstić information content (AvgIpc) is 3.62. The third kappa shape index (κ3) is 6.83. The molecule has 49 heavy (non-hydrogen) atoms. The number of ether oxygens (including phenoxy) is 1. The summed E-state index contributed by atoms with van der Waals surface area (Å²) >= 11 is 5.85. The number of aromatic nitrogens is 5. The molecule has 2 N–H and O–H groups in total. The number of hydrogen-bond acceptors (Lipinski definition) is 6. The van der Waals surface area contributed by atoms with Crippen LogP contribution in [0.2, 0.25) is 5.02 Å². The molecule has 1 fully saturated rings. The van der Waals surface area contributed by atoms with E-state index >= 15 is 0 Å². The van der Waals surface area contributed by atoms with Gasteiger partial charge in [0.05, 0.1) is 17.6 Å². The lowest BCUT2D eigenvalue weighted by Gasteiger charge is -2.31. The Bertz CT molecular complexity index is 2180. The summed E-state index contributed by atoms with van der Waals surface area (Å²) in [5, 5.41) is 10.4. The monoisotopic (exact) mass is 687 g/mol. The summed E-state index contributed by atoms with van der Waals surface area (Å²) in [6.07, 6.45) is -0.917. The summed E-state index contributed by atoms with van der Waals surface area (Å²) in [7, 11) is 1.96. The Hall–Kier alpha value is -4.94. The van der Waals surface area contributed by atoms with Crippen molar-refractivity contribution < 1.29 is 22.7 Å². The molecule has 13 heteroatoms. The number of alkyl halides is 2. The van der Waals surface area contributed by atoms with Gasteiger partial charge in [0.1, 0.15) is 23.8 Å². The Morgan fingerprint density at radius 1 is 1.08 bits per heavy atom. The molecule has 3 aromatic heterocycles. The first-order valence-electron chi connectivity index (χ1n) is 15.9. The van der Waals surface area contributed by atoms with Crippen LogP contribution >= 0.6 is 11.6 Å². The summed E-state index contributed by atoms with van der Waals surface area (Å²) < 4.78 is 49.5. The van der Waals surface area contributed by atoms with Crippen LogP contribution < -0.4 is 10.1 Å². The summed E-state index contributed by atoms with van der Waals surface area (Å²) in [4.78, 5) is 25.1. The summed E-state index contributed by atoms with van der Waals surface area (Å²) in [6.45, 7) is 4.15. The lowest BCUT2D eigenvalue weighted by molar-refractivity contribution is 0.102. The molecule has 0 aliphatic carbocycles. The first kappa shape index (κ1) is 32.6. The second-order valence-corrected chi connectivity index (χ2v) is 12.8. The molecular weight excluding hydrogens is 655 g/mol. The van der Waals surface area contributed by atoms with Crippen molar-refractivity contribution in [1.29, 1.82) is 0 Å². The van der Waals surface area contributed by atoms with Crippen molar-refractivity contribution in [1.82, 2.24) is 29.6 Å². The van der Waals surface area contributed by atoms with Crippen molar-refractivity contribution in [2.75, 3.05) is 18.4 Å². The van der Waals surface area contributed by atoms with Crippen LogP contribution in [-0.2, 0) is 20.2 Å². The van der Waals surface area contributed by atoms with Crippen molar-refractivity contribution in [2.24, 2.45) is 7.05 Å². The van der Waals surface area contributed by atoms with Gasteiger partial charge < -0.3 is 14.6 Å². The fraction of sp³-hybridized carbons (Fsp3) is 0.278. The minimum absolute atomic E-state index is 0.0617. The molecule has 0 radical (unpaired) electrons. The number of aryl methyl sites for hydroxylation is 2. The molecule has 1 aliphatic rings. The molecule has 1 saturated heterocycles. The maximum absolute atomic E-state index is 14.2. The Morgan fingerprint density at radius 2 is 1.90 bits per heavy atom. The van der Waals surface area contributed by atoms with E-state index in [-0.39, 0.29) is 29.3 Å². The van der Waals surface area contributed by atoms with E-state index in [0.717, 1.165) is 43.0 Å². The lowest BCUT2D eigenvalue weighted by atomic mass is 9.93. The minimum atomic E-state index is -2.74. The Morgan fingerprint density at radius 3 is 2.67 bits per heavy atom. The number of nitrogens with zero attached hydrogens (tertiary/aromatic N) is 5. The van der Waals surface area contributed by atoms with E-state index < -0.39 is 18.1 Å². The number of nitrogens with one attached hydrogen (secondary N) is 2. The van der Waals surface area contributed by atoms with Crippen molar-refractivity contribution in [3.8, 4) is 5.88 Å². The first-order chi connectivity index (χ1) is 23.6. The van der Waals surface area contributed by atoms with Crippen LogP contribution in [0, 0.1) is 12.7 Å². The number of halogens is 4. The smallest absolute Gasteiger partial charge is 0.266 e. The highest BCUT2D eigenvalue weighted by molar-refractivity contribution is 6.30. The highest BCUT2D eigenvalue weighted by atomic mass is 35.5. The highest BCUT2D eigenvalue weighted by Gasteiger charge is 2.24. The number of anilines is 1. The van der Waals surface area contributed by atoms with Gasteiger partial charge in [0.15, 0.2) is 0 Å². The van der Waals surface area contributed by atoms with E-state index in [2.05, 4.69) is 20.4 Å². The van der Waals surface area contributed by atoms with Gasteiger partial charge in [-0.2, -0.15) is 5.10 Å². The second kappa shape index (κ2) is 13.5. The highest BCUT2D eigenvalue weighted by Crippen LogP contribution is 2.32. The molecule has 1 aliphatic heterocycles. The molecule has 9 nitrogen and oxygen atoms in total. The van der Waals surface area contributed by atoms with Crippen LogP contribution in [0.5, 0.6) is 5.88 Å². The maximum atomic E-state index is 14.2. The molecule has 0 saturated carbocycles. The van der Waals surface area contributed by atoms with Gasteiger partial charge in [0, 0.05) is 63.2 Å². The molecule has 252 valence electrons. The molecule has 0 unspecified atom stereocenters. The van der Waals surface area contributed by atoms with Crippen LogP contribution in [0.1, 0.15) is 63.9 Å². The van der Waals surface area contributed by atoms with Crippen LogP contribution in [0.4, 0.5) is 18.9 Å². The Kier molecular flexibility index (Phi) is 9.00. The van der Waals surface area contributed by atoms with Crippen molar-refractivity contribution in [3.63, 3.8) is 0 Å². The number of carbonyl (C=O) groups excluding carboxylic acids is 1. The zero-order valence-electron chi connectivity index (χ0n) is 26.8. The molecule has 0 spiro atoms. The fourth-order valence-corrected chi connectivity index (χ4v) is 6.52. The van der Waals surface area contributed by atoms with E-state index in [1.807, 2.05) is 29.8 Å². The number of imidazole rings is 1. The molecule has 3 aromatic carbocycles. The number of amides is 1. The third-order valence-electron chi connectivity index (χ3n) is 9.11. The van der Waals surface area contributed by atoms with Crippen LogP contribution in [0.25, 0.3) is 21.9 Å². The number of pyridine rings is 1. The Balaban J connectivity index is 0.983. The fourth-order valence-electron chi connectivity index (χ4n) is 6.36. The van der Waals surface area contributed by atoms with Gasteiger partial charge >= 0.3 is 0 Å². The SMILES string of the molecule is Cc1[nH]nc2c(C(F)F)cc(NC(=O)c3ccc4c(c3)nc(CN3CCC(c5cccc(OCc6ccc(Cl)cc6F)n5)CC3)n4C)cc12. The van der Waals surface area contributed by atoms with Gasteiger partial charge in [-0.25, -0.2) is 23.1 Å². The molecule has 1 amide bonds. The zero-order chi connectivity index (χ0) is 34.2. The first-order valence-corrected chi connectivity index (χ1v) is 16.3. The summed E-state index contributed by atoms with van der Waals surface area (Å²) in [5.41, 5.74) is 4.15. The molecular formula is C36H33ClF3N7O2. The number of aromatic amines is 1. The second-order valence-electron chi connectivity index (χ2n) is 12.3.